The fraction of sp³-hybridized carbons (Fsp3) is 0.190. The predicted octanol–water partition coefficient (Wildman–Crippen LogP) is 3.48. The second-order valence-corrected chi connectivity index (χ2v) is 8.48. The molecule has 4 rings (SSSR count). The normalized spacial score (nSPS) is 19.0. The van der Waals surface area contributed by atoms with Crippen molar-refractivity contribution in [1.29, 1.82) is 0 Å². The molecule has 0 saturated heterocycles. The molecule has 26 heavy (non-hydrogen) atoms. The van der Waals surface area contributed by atoms with E-state index in [9.17, 15) is 9.59 Å². The molecule has 1 unspecified atom stereocenters. The van der Waals surface area contributed by atoms with Crippen LogP contribution in [0.1, 0.15) is 45.3 Å². The summed E-state index contributed by atoms with van der Waals surface area (Å²) in [6, 6.07) is 16.9. The summed E-state index contributed by atoms with van der Waals surface area (Å²) in [6.07, 6.45) is 1.61. The second-order valence-electron chi connectivity index (χ2n) is 6.68. The van der Waals surface area contributed by atoms with Gasteiger partial charge in [-0.1, -0.05) is 0 Å². The standard InChI is InChI=1S/C21H18N2O2Se/c1-21(12-11-14-7-5-6-10-16(14)18(21)24)17-13-26-20(22-17)23-19(25)15-8-3-2-4-9-15/h2-10,13H,11-12H2,1H3,(H,22,23,25). The van der Waals surface area contributed by atoms with Crippen molar-refractivity contribution in [3.8, 4) is 0 Å². The van der Waals surface area contributed by atoms with Crippen LogP contribution in [0, 0.1) is 0 Å². The average Bonchev–Trinajstić information content (AvgIpc) is 3.15. The van der Waals surface area contributed by atoms with Gasteiger partial charge in [-0.3, -0.25) is 0 Å². The maximum absolute atomic E-state index is 13.1. The van der Waals surface area contributed by atoms with Gasteiger partial charge in [0.2, 0.25) is 0 Å². The minimum atomic E-state index is -0.616. The van der Waals surface area contributed by atoms with Crippen molar-refractivity contribution in [3.05, 3.63) is 81.9 Å². The fourth-order valence-corrected chi connectivity index (χ4v) is 5.10. The first kappa shape index (κ1) is 17.0. The Bertz CT molecular complexity index is 980. The van der Waals surface area contributed by atoms with Crippen LogP contribution in [0.2, 0.25) is 0 Å². The number of benzene rings is 2. The summed E-state index contributed by atoms with van der Waals surface area (Å²) >= 11 is -0.0694. The van der Waals surface area contributed by atoms with Crippen molar-refractivity contribution in [3.63, 3.8) is 0 Å². The van der Waals surface area contributed by atoms with E-state index in [0.29, 0.717) is 10.3 Å². The van der Waals surface area contributed by atoms with Gasteiger partial charge in [0.15, 0.2) is 0 Å². The van der Waals surface area contributed by atoms with Gasteiger partial charge in [-0.05, 0) is 0 Å². The van der Waals surface area contributed by atoms with Gasteiger partial charge < -0.3 is 0 Å². The number of ketones is 1. The molecular weight excluding hydrogens is 391 g/mol. The first-order valence-electron chi connectivity index (χ1n) is 8.53. The number of anilines is 1. The molecule has 1 heterocycles. The molecule has 2 aromatic carbocycles. The molecule has 0 fully saturated rings. The van der Waals surface area contributed by atoms with Crippen molar-refractivity contribution >= 4 is 30.9 Å². The zero-order valence-corrected chi connectivity index (χ0v) is 16.1. The quantitative estimate of drug-likeness (QED) is 0.674. The number of Topliss-reactive ketones (excluding diaryl/α,β-unsaturated/α-hetero) is 1. The Hall–Kier alpha value is -2.49. The van der Waals surface area contributed by atoms with Crippen LogP contribution in [-0.2, 0) is 11.8 Å². The molecule has 1 aliphatic rings. The Morgan fingerprint density at radius 3 is 2.65 bits per heavy atom. The summed E-state index contributed by atoms with van der Waals surface area (Å²) < 4.78 is 0.661. The number of nitrogens with zero attached hydrogens (tertiary/aromatic N) is 1. The number of aryl methyl sites for hydroxylation is 1. The third-order valence-corrected chi connectivity index (χ3v) is 6.57. The molecule has 1 amide bonds. The van der Waals surface area contributed by atoms with E-state index >= 15 is 0 Å². The van der Waals surface area contributed by atoms with Crippen molar-refractivity contribution in [2.75, 3.05) is 5.32 Å². The van der Waals surface area contributed by atoms with Gasteiger partial charge in [0.25, 0.3) is 0 Å². The first-order valence-corrected chi connectivity index (χ1v) is 10.4. The second kappa shape index (κ2) is 6.67. The first-order chi connectivity index (χ1) is 12.6. The Kier molecular flexibility index (Phi) is 4.35. The predicted molar refractivity (Wildman–Crippen MR) is 102 cm³/mol. The summed E-state index contributed by atoms with van der Waals surface area (Å²) in [5.74, 6) is -0.0351. The maximum atomic E-state index is 13.1. The Balaban J connectivity index is 1.58. The number of carbonyl (C=O) groups is 2. The topological polar surface area (TPSA) is 59.1 Å². The third-order valence-electron chi connectivity index (χ3n) is 4.98. The molecule has 3 aromatic rings. The molecule has 0 radical (unpaired) electrons. The molecule has 1 aromatic heterocycles. The van der Waals surface area contributed by atoms with Gasteiger partial charge in [-0.15, -0.1) is 0 Å². The van der Waals surface area contributed by atoms with E-state index in [1.807, 2.05) is 54.3 Å². The number of amides is 1. The average molecular weight is 409 g/mol. The fourth-order valence-electron chi connectivity index (χ4n) is 3.34. The molecule has 0 aliphatic heterocycles. The van der Waals surface area contributed by atoms with Gasteiger partial charge in [0, 0.05) is 0 Å². The van der Waals surface area contributed by atoms with Crippen LogP contribution < -0.4 is 5.32 Å². The molecule has 0 spiro atoms. The Morgan fingerprint density at radius 2 is 1.85 bits per heavy atom. The number of nitrogens with one attached hydrogen (secondary N) is 1. The zero-order valence-electron chi connectivity index (χ0n) is 14.4. The molecule has 1 aliphatic carbocycles. The van der Waals surface area contributed by atoms with E-state index in [1.165, 1.54) is 0 Å². The number of hydrogen-bond donors (Lipinski definition) is 1. The Labute approximate surface area is 158 Å². The van der Waals surface area contributed by atoms with Crippen LogP contribution in [0.3, 0.4) is 0 Å². The summed E-state index contributed by atoms with van der Waals surface area (Å²) in [4.78, 5) is 32.1. The van der Waals surface area contributed by atoms with Gasteiger partial charge in [0.1, 0.15) is 0 Å². The van der Waals surface area contributed by atoms with Crippen LogP contribution >= 0.6 is 0 Å². The van der Waals surface area contributed by atoms with Crippen LogP contribution in [0.4, 0.5) is 4.69 Å². The molecule has 1 N–H and O–H groups in total. The number of aromatic nitrogens is 1. The molecular formula is C21H18N2O2Se. The van der Waals surface area contributed by atoms with Gasteiger partial charge in [0.05, 0.1) is 0 Å². The summed E-state index contributed by atoms with van der Waals surface area (Å²) in [5.41, 5.74) is 2.69. The Morgan fingerprint density at radius 1 is 1.12 bits per heavy atom. The SMILES string of the molecule is CC1(c2c[se]c(NC(=O)c3ccccc3)n2)CCc2ccccc2C1=O. The van der Waals surface area contributed by atoms with Crippen LogP contribution in [0.5, 0.6) is 0 Å². The number of fused-ring (bicyclic) bond motifs is 1. The summed E-state index contributed by atoms with van der Waals surface area (Å²) in [7, 11) is 0. The molecule has 0 bridgehead atoms. The molecule has 5 heteroatoms. The van der Waals surface area contributed by atoms with Crippen LogP contribution in [0.15, 0.2) is 59.5 Å². The van der Waals surface area contributed by atoms with Gasteiger partial charge >= 0.3 is 158 Å². The van der Waals surface area contributed by atoms with E-state index in [4.69, 9.17) is 0 Å². The van der Waals surface area contributed by atoms with E-state index < -0.39 is 5.41 Å². The van der Waals surface area contributed by atoms with Gasteiger partial charge in [-0.2, -0.15) is 0 Å². The van der Waals surface area contributed by atoms with Gasteiger partial charge in [-0.25, -0.2) is 0 Å². The minimum absolute atomic E-state index is 0.0694. The van der Waals surface area contributed by atoms with Crippen molar-refractivity contribution < 1.29 is 9.59 Å². The number of carbonyl (C=O) groups excluding carboxylic acids is 2. The van der Waals surface area contributed by atoms with Crippen molar-refractivity contribution in [2.24, 2.45) is 0 Å². The van der Waals surface area contributed by atoms with Crippen LogP contribution in [0.25, 0.3) is 0 Å². The third kappa shape index (κ3) is 2.94. The number of hydrogen-bond acceptors (Lipinski definition) is 3. The molecule has 1 atom stereocenters. The van der Waals surface area contributed by atoms with E-state index in [0.717, 1.165) is 29.7 Å². The van der Waals surface area contributed by atoms with E-state index in [2.05, 4.69) is 10.3 Å². The number of rotatable bonds is 3. The molecule has 130 valence electrons. The van der Waals surface area contributed by atoms with Crippen molar-refractivity contribution in [2.45, 2.75) is 25.2 Å². The summed E-state index contributed by atoms with van der Waals surface area (Å²) in [5, 5.41) is 2.89. The zero-order chi connectivity index (χ0) is 18.1. The van der Waals surface area contributed by atoms with E-state index in [-0.39, 0.29) is 26.2 Å². The molecule has 0 saturated carbocycles. The van der Waals surface area contributed by atoms with E-state index in [1.54, 1.807) is 12.1 Å². The van der Waals surface area contributed by atoms with Crippen molar-refractivity contribution in [1.82, 2.24) is 4.98 Å². The monoisotopic (exact) mass is 410 g/mol. The summed E-state index contributed by atoms with van der Waals surface area (Å²) in [6.45, 7) is 1.97. The van der Waals surface area contributed by atoms with Crippen LogP contribution in [-0.4, -0.2) is 31.2 Å². The molecule has 4 nitrogen and oxygen atoms in total.